The van der Waals surface area contributed by atoms with Gasteiger partial charge in [0.2, 0.25) is 5.89 Å². The Morgan fingerprint density at radius 3 is 2.34 bits per heavy atom. The SMILES string of the molecule is Cc1ccccc1N(Cc1nnc(-c2ccc(Br)o2)o1)S(=O)(=O)c1ccccc1. The molecule has 0 atom stereocenters. The van der Waals surface area contributed by atoms with E-state index >= 15 is 0 Å². The van der Waals surface area contributed by atoms with Crippen LogP contribution in [0.5, 0.6) is 0 Å². The maximum atomic E-state index is 13.4. The van der Waals surface area contributed by atoms with Gasteiger partial charge in [0.25, 0.3) is 15.9 Å². The van der Waals surface area contributed by atoms with Crippen molar-refractivity contribution < 1.29 is 17.3 Å². The second kappa shape index (κ2) is 7.84. The van der Waals surface area contributed by atoms with Crippen LogP contribution < -0.4 is 4.31 Å². The fourth-order valence-electron chi connectivity index (χ4n) is 2.83. The molecule has 2 aromatic heterocycles. The molecular formula is C20H16BrN3O4S. The van der Waals surface area contributed by atoms with Gasteiger partial charge in [0.15, 0.2) is 10.4 Å². The molecule has 2 aromatic carbocycles. The number of furan rings is 1. The highest BCUT2D eigenvalue weighted by molar-refractivity contribution is 9.10. The molecule has 148 valence electrons. The zero-order chi connectivity index (χ0) is 20.4. The largest absolute Gasteiger partial charge is 0.444 e. The number of rotatable bonds is 6. The van der Waals surface area contributed by atoms with E-state index in [-0.39, 0.29) is 23.2 Å². The highest BCUT2D eigenvalue weighted by Gasteiger charge is 2.28. The smallest absolute Gasteiger partial charge is 0.283 e. The van der Waals surface area contributed by atoms with Crippen LogP contribution in [0.25, 0.3) is 11.7 Å². The van der Waals surface area contributed by atoms with Gasteiger partial charge < -0.3 is 8.83 Å². The molecule has 0 aliphatic rings. The van der Waals surface area contributed by atoms with Crippen LogP contribution in [0.15, 0.2) is 85.1 Å². The van der Waals surface area contributed by atoms with Crippen molar-refractivity contribution >= 4 is 31.6 Å². The molecular weight excluding hydrogens is 458 g/mol. The molecule has 0 unspecified atom stereocenters. The molecule has 0 amide bonds. The van der Waals surface area contributed by atoms with Gasteiger partial charge in [-0.25, -0.2) is 8.42 Å². The van der Waals surface area contributed by atoms with Gasteiger partial charge in [-0.2, -0.15) is 0 Å². The lowest BCUT2D eigenvalue weighted by Gasteiger charge is -2.24. The van der Waals surface area contributed by atoms with Crippen molar-refractivity contribution in [2.75, 3.05) is 4.31 Å². The number of benzene rings is 2. The Kier molecular flexibility index (Phi) is 5.25. The zero-order valence-electron chi connectivity index (χ0n) is 15.3. The Bertz CT molecular complexity index is 1240. The number of hydrogen-bond acceptors (Lipinski definition) is 6. The summed E-state index contributed by atoms with van der Waals surface area (Å²) in [6.07, 6.45) is 0. The van der Waals surface area contributed by atoms with Gasteiger partial charge in [-0.15, -0.1) is 10.2 Å². The standard InChI is InChI=1S/C20H16BrN3O4S/c1-14-7-5-6-10-16(14)24(29(25,26)15-8-3-2-4-9-15)13-19-22-23-20(28-19)17-11-12-18(21)27-17/h2-12H,13H2,1H3. The van der Waals surface area contributed by atoms with Gasteiger partial charge in [-0.05, 0) is 58.7 Å². The fraction of sp³-hybridized carbons (Fsp3) is 0.100. The summed E-state index contributed by atoms with van der Waals surface area (Å²) in [6.45, 7) is 1.74. The number of nitrogens with zero attached hydrogens (tertiary/aromatic N) is 3. The van der Waals surface area contributed by atoms with Gasteiger partial charge in [0, 0.05) is 0 Å². The molecule has 7 nitrogen and oxygen atoms in total. The average Bonchev–Trinajstić information content (AvgIpc) is 3.36. The predicted octanol–water partition coefficient (Wildman–Crippen LogP) is 4.80. The summed E-state index contributed by atoms with van der Waals surface area (Å²) in [7, 11) is -3.85. The Hall–Kier alpha value is -2.91. The molecule has 9 heteroatoms. The van der Waals surface area contributed by atoms with E-state index in [0.717, 1.165) is 5.56 Å². The van der Waals surface area contributed by atoms with Crippen molar-refractivity contribution in [3.63, 3.8) is 0 Å². The number of halogens is 1. The minimum atomic E-state index is -3.85. The van der Waals surface area contributed by atoms with Crippen molar-refractivity contribution in [1.82, 2.24) is 10.2 Å². The zero-order valence-corrected chi connectivity index (χ0v) is 17.7. The monoisotopic (exact) mass is 473 g/mol. The van der Waals surface area contributed by atoms with E-state index in [1.807, 2.05) is 19.1 Å². The van der Waals surface area contributed by atoms with Crippen LogP contribution in [0.2, 0.25) is 0 Å². The summed E-state index contributed by atoms with van der Waals surface area (Å²) in [5.41, 5.74) is 1.35. The summed E-state index contributed by atoms with van der Waals surface area (Å²) in [6, 6.07) is 18.9. The first-order valence-electron chi connectivity index (χ1n) is 8.66. The average molecular weight is 474 g/mol. The highest BCUT2D eigenvalue weighted by atomic mass is 79.9. The molecule has 0 saturated heterocycles. The maximum absolute atomic E-state index is 13.4. The lowest BCUT2D eigenvalue weighted by Crippen LogP contribution is -2.31. The molecule has 0 aliphatic heterocycles. The van der Waals surface area contributed by atoms with E-state index in [9.17, 15) is 8.42 Å². The third-order valence-corrected chi connectivity index (χ3v) is 6.45. The first-order valence-corrected chi connectivity index (χ1v) is 10.9. The van der Waals surface area contributed by atoms with E-state index in [1.54, 1.807) is 54.6 Å². The van der Waals surface area contributed by atoms with E-state index < -0.39 is 10.0 Å². The van der Waals surface area contributed by atoms with Crippen LogP contribution >= 0.6 is 15.9 Å². The van der Waals surface area contributed by atoms with Crippen molar-refractivity contribution in [3.8, 4) is 11.7 Å². The van der Waals surface area contributed by atoms with Gasteiger partial charge in [-0.3, -0.25) is 4.31 Å². The van der Waals surface area contributed by atoms with E-state index in [1.165, 1.54) is 4.31 Å². The first-order chi connectivity index (χ1) is 13.9. The first kappa shape index (κ1) is 19.4. The number of sulfonamides is 1. The third kappa shape index (κ3) is 3.96. The summed E-state index contributed by atoms with van der Waals surface area (Å²) < 4.78 is 39.6. The molecule has 0 bridgehead atoms. The lowest BCUT2D eigenvalue weighted by atomic mass is 10.2. The Morgan fingerprint density at radius 2 is 1.66 bits per heavy atom. The van der Waals surface area contributed by atoms with Crippen molar-refractivity contribution in [3.05, 3.63) is 82.9 Å². The summed E-state index contributed by atoms with van der Waals surface area (Å²) in [5.74, 6) is 0.715. The fourth-order valence-corrected chi connectivity index (χ4v) is 4.64. The number of anilines is 1. The minimum absolute atomic E-state index is 0.114. The van der Waals surface area contributed by atoms with Crippen LogP contribution in [-0.4, -0.2) is 18.6 Å². The quantitative estimate of drug-likeness (QED) is 0.399. The predicted molar refractivity (Wildman–Crippen MR) is 111 cm³/mol. The molecule has 0 radical (unpaired) electrons. The minimum Gasteiger partial charge on any atom is -0.444 e. The van der Waals surface area contributed by atoms with Gasteiger partial charge >= 0.3 is 0 Å². The Balaban J connectivity index is 1.74. The Morgan fingerprint density at radius 1 is 0.931 bits per heavy atom. The number of aryl methyl sites for hydroxylation is 1. The second-order valence-corrected chi connectivity index (χ2v) is 8.86. The van der Waals surface area contributed by atoms with Gasteiger partial charge in [0.05, 0.1) is 10.6 Å². The molecule has 0 fully saturated rings. The second-order valence-electron chi connectivity index (χ2n) is 6.22. The molecule has 0 saturated carbocycles. The third-order valence-electron chi connectivity index (χ3n) is 4.25. The lowest BCUT2D eigenvalue weighted by molar-refractivity contribution is 0.474. The van der Waals surface area contributed by atoms with Crippen molar-refractivity contribution in [2.45, 2.75) is 18.4 Å². The summed E-state index contributed by atoms with van der Waals surface area (Å²) in [5, 5.41) is 7.98. The van der Waals surface area contributed by atoms with Crippen LogP contribution in [0.1, 0.15) is 11.5 Å². The maximum Gasteiger partial charge on any atom is 0.283 e. The van der Waals surface area contributed by atoms with E-state index in [4.69, 9.17) is 8.83 Å². The molecule has 0 spiro atoms. The number of para-hydroxylation sites is 1. The highest BCUT2D eigenvalue weighted by Crippen LogP contribution is 2.29. The summed E-state index contributed by atoms with van der Waals surface area (Å²) in [4.78, 5) is 0.179. The molecule has 4 aromatic rings. The van der Waals surface area contributed by atoms with E-state index in [0.29, 0.717) is 16.1 Å². The number of aromatic nitrogens is 2. The molecule has 0 N–H and O–H groups in total. The van der Waals surface area contributed by atoms with Crippen LogP contribution in [0.4, 0.5) is 5.69 Å². The molecule has 29 heavy (non-hydrogen) atoms. The van der Waals surface area contributed by atoms with Crippen molar-refractivity contribution in [2.24, 2.45) is 0 Å². The topological polar surface area (TPSA) is 89.4 Å². The normalized spacial score (nSPS) is 11.5. The van der Waals surface area contributed by atoms with Crippen molar-refractivity contribution in [1.29, 1.82) is 0 Å². The van der Waals surface area contributed by atoms with Crippen LogP contribution in [0.3, 0.4) is 0 Å². The number of hydrogen-bond donors (Lipinski definition) is 0. The van der Waals surface area contributed by atoms with Crippen LogP contribution in [-0.2, 0) is 16.6 Å². The van der Waals surface area contributed by atoms with Gasteiger partial charge in [0.1, 0.15) is 6.54 Å². The van der Waals surface area contributed by atoms with Crippen LogP contribution in [0, 0.1) is 6.92 Å². The molecule has 4 rings (SSSR count). The molecule has 2 heterocycles. The summed E-state index contributed by atoms with van der Waals surface area (Å²) >= 11 is 3.22. The van der Waals surface area contributed by atoms with Gasteiger partial charge in [-0.1, -0.05) is 36.4 Å². The van der Waals surface area contributed by atoms with E-state index in [2.05, 4.69) is 26.1 Å². The molecule has 0 aliphatic carbocycles. The Labute approximate surface area is 176 Å².